The number of rotatable bonds is 4. The molecular formula is C23H21Cl2NO4. The number of phenolic OH excluding ortho intramolecular Hbond substituents is 1. The molecule has 2 aliphatic rings. The lowest BCUT2D eigenvalue weighted by Gasteiger charge is -2.35. The van der Waals surface area contributed by atoms with Crippen LogP contribution in [0.3, 0.4) is 0 Å². The predicted molar refractivity (Wildman–Crippen MR) is 115 cm³/mol. The Hall–Kier alpha value is -2.50. The van der Waals surface area contributed by atoms with E-state index in [0.717, 1.165) is 5.56 Å². The number of ketones is 1. The molecule has 1 amide bonds. The van der Waals surface area contributed by atoms with E-state index in [1.807, 2.05) is 18.2 Å². The first kappa shape index (κ1) is 20.8. The minimum atomic E-state index is -0.439. The second-order valence-corrected chi connectivity index (χ2v) is 8.34. The van der Waals surface area contributed by atoms with E-state index in [0.29, 0.717) is 41.3 Å². The van der Waals surface area contributed by atoms with Gasteiger partial charge in [-0.1, -0.05) is 41.4 Å². The zero-order valence-electron chi connectivity index (χ0n) is 16.4. The highest BCUT2D eigenvalue weighted by Crippen LogP contribution is 2.46. The Kier molecular flexibility index (Phi) is 5.76. The molecule has 1 heterocycles. The van der Waals surface area contributed by atoms with Gasteiger partial charge >= 0.3 is 0 Å². The SMILES string of the molecule is CCOc1cc([C@@H]2CC(=O)NC3=C2C(=O)C[C@@H](c2ccccc2Cl)C3)cc(Cl)c1O. The fourth-order valence-electron chi connectivity index (χ4n) is 4.33. The molecule has 2 atom stereocenters. The standard InChI is InChI=1S/C23H21Cl2NO4/c1-2-30-20-10-12(7-17(25)23(20)29)15-11-21(28)26-18-8-13(9-19(27)22(15)18)14-5-3-4-6-16(14)24/h3-7,10,13,15,29H,2,8-9,11H2,1H3,(H,26,28)/t13-,15-/m0/s1. The first-order valence-corrected chi connectivity index (χ1v) is 10.6. The van der Waals surface area contributed by atoms with Gasteiger partial charge in [-0.05, 0) is 48.6 Å². The second kappa shape index (κ2) is 8.32. The van der Waals surface area contributed by atoms with Gasteiger partial charge < -0.3 is 15.2 Å². The molecule has 2 aromatic carbocycles. The molecule has 0 radical (unpaired) electrons. The fraction of sp³-hybridized carbons (Fsp3) is 0.304. The average Bonchev–Trinajstić information content (AvgIpc) is 2.70. The molecule has 30 heavy (non-hydrogen) atoms. The lowest BCUT2D eigenvalue weighted by molar-refractivity contribution is -0.122. The van der Waals surface area contributed by atoms with E-state index in [1.165, 1.54) is 0 Å². The fourth-order valence-corrected chi connectivity index (χ4v) is 4.84. The summed E-state index contributed by atoms with van der Waals surface area (Å²) in [5, 5.41) is 13.8. The number of carbonyl (C=O) groups is 2. The van der Waals surface area contributed by atoms with Gasteiger partial charge in [0.15, 0.2) is 17.3 Å². The third-order valence-corrected chi connectivity index (χ3v) is 6.27. The third-order valence-electron chi connectivity index (χ3n) is 5.63. The molecule has 0 unspecified atom stereocenters. The molecule has 0 spiro atoms. The normalized spacial score (nSPS) is 21.3. The van der Waals surface area contributed by atoms with Crippen molar-refractivity contribution in [3.8, 4) is 11.5 Å². The smallest absolute Gasteiger partial charge is 0.225 e. The molecule has 2 aromatic rings. The number of allylic oxidation sites excluding steroid dienone is 2. The first-order chi connectivity index (χ1) is 14.4. The van der Waals surface area contributed by atoms with Crippen molar-refractivity contribution in [2.24, 2.45) is 0 Å². The summed E-state index contributed by atoms with van der Waals surface area (Å²) in [5.74, 6) is -0.616. The number of carbonyl (C=O) groups excluding carboxylic acids is 2. The van der Waals surface area contributed by atoms with E-state index in [2.05, 4.69) is 5.32 Å². The molecule has 4 rings (SSSR count). The number of ether oxygens (including phenoxy) is 1. The molecule has 0 aromatic heterocycles. The van der Waals surface area contributed by atoms with E-state index < -0.39 is 5.92 Å². The van der Waals surface area contributed by atoms with Gasteiger partial charge in [-0.25, -0.2) is 0 Å². The van der Waals surface area contributed by atoms with Crippen molar-refractivity contribution in [1.29, 1.82) is 0 Å². The van der Waals surface area contributed by atoms with Gasteiger partial charge in [0.2, 0.25) is 5.91 Å². The Labute approximate surface area is 184 Å². The highest BCUT2D eigenvalue weighted by atomic mass is 35.5. The van der Waals surface area contributed by atoms with Gasteiger partial charge in [-0.3, -0.25) is 9.59 Å². The Bertz CT molecular complexity index is 1060. The number of hydrogen-bond acceptors (Lipinski definition) is 4. The van der Waals surface area contributed by atoms with Crippen LogP contribution in [-0.4, -0.2) is 23.4 Å². The van der Waals surface area contributed by atoms with Crippen LogP contribution in [0.5, 0.6) is 11.5 Å². The minimum Gasteiger partial charge on any atom is -0.503 e. The molecule has 0 bridgehead atoms. The van der Waals surface area contributed by atoms with Gasteiger partial charge in [0, 0.05) is 35.1 Å². The number of hydrogen-bond donors (Lipinski definition) is 2. The molecular weight excluding hydrogens is 425 g/mol. The lowest BCUT2D eigenvalue weighted by Crippen LogP contribution is -2.38. The van der Waals surface area contributed by atoms with E-state index in [4.69, 9.17) is 27.9 Å². The van der Waals surface area contributed by atoms with Crippen molar-refractivity contribution >= 4 is 34.9 Å². The number of Topliss-reactive ketones (excluding diaryl/α,β-unsaturated/α-hetero) is 1. The maximum atomic E-state index is 13.2. The number of amides is 1. The topological polar surface area (TPSA) is 75.6 Å². The Morgan fingerprint density at radius 2 is 1.87 bits per heavy atom. The van der Waals surface area contributed by atoms with Crippen molar-refractivity contribution in [2.45, 2.75) is 38.0 Å². The molecule has 7 heteroatoms. The van der Waals surface area contributed by atoms with Crippen LogP contribution in [0.15, 0.2) is 47.7 Å². The van der Waals surface area contributed by atoms with Gasteiger partial charge in [-0.2, -0.15) is 0 Å². The monoisotopic (exact) mass is 445 g/mol. The summed E-state index contributed by atoms with van der Waals surface area (Å²) in [6.07, 6.45) is 0.976. The van der Waals surface area contributed by atoms with Crippen molar-refractivity contribution in [1.82, 2.24) is 5.32 Å². The zero-order chi connectivity index (χ0) is 21.4. The summed E-state index contributed by atoms with van der Waals surface area (Å²) in [6.45, 7) is 2.15. The highest BCUT2D eigenvalue weighted by molar-refractivity contribution is 6.32. The van der Waals surface area contributed by atoms with Gasteiger partial charge in [0.05, 0.1) is 11.6 Å². The first-order valence-electron chi connectivity index (χ1n) is 9.84. The number of phenols is 1. The number of benzene rings is 2. The summed E-state index contributed by atoms with van der Waals surface area (Å²) in [5.41, 5.74) is 2.82. The Morgan fingerprint density at radius 1 is 1.10 bits per heavy atom. The summed E-state index contributed by atoms with van der Waals surface area (Å²) < 4.78 is 5.48. The highest BCUT2D eigenvalue weighted by Gasteiger charge is 2.39. The van der Waals surface area contributed by atoms with Gasteiger partial charge in [0.1, 0.15) is 0 Å². The molecule has 0 saturated carbocycles. The molecule has 5 nitrogen and oxygen atoms in total. The van der Waals surface area contributed by atoms with Crippen molar-refractivity contribution in [3.63, 3.8) is 0 Å². The second-order valence-electron chi connectivity index (χ2n) is 7.53. The molecule has 0 fully saturated rings. The maximum Gasteiger partial charge on any atom is 0.225 e. The minimum absolute atomic E-state index is 0.0201. The van der Waals surface area contributed by atoms with Crippen LogP contribution >= 0.6 is 23.2 Å². The molecule has 2 N–H and O–H groups in total. The summed E-state index contributed by atoms with van der Waals surface area (Å²) in [6, 6.07) is 10.7. The molecule has 1 aliphatic heterocycles. The van der Waals surface area contributed by atoms with Crippen LogP contribution in [0, 0.1) is 0 Å². The quantitative estimate of drug-likeness (QED) is 0.685. The Balaban J connectivity index is 1.75. The Morgan fingerprint density at radius 3 is 2.60 bits per heavy atom. The largest absolute Gasteiger partial charge is 0.503 e. The lowest BCUT2D eigenvalue weighted by atomic mass is 9.73. The van der Waals surface area contributed by atoms with Crippen molar-refractivity contribution in [3.05, 3.63) is 68.8 Å². The van der Waals surface area contributed by atoms with Crippen LogP contribution < -0.4 is 10.1 Å². The summed E-state index contributed by atoms with van der Waals surface area (Å²) in [7, 11) is 0. The van der Waals surface area contributed by atoms with Gasteiger partial charge in [0.25, 0.3) is 0 Å². The van der Waals surface area contributed by atoms with Crippen LogP contribution in [-0.2, 0) is 9.59 Å². The van der Waals surface area contributed by atoms with E-state index >= 15 is 0 Å². The summed E-state index contributed by atoms with van der Waals surface area (Å²) in [4.78, 5) is 25.7. The van der Waals surface area contributed by atoms with Crippen molar-refractivity contribution < 1.29 is 19.4 Å². The zero-order valence-corrected chi connectivity index (χ0v) is 17.9. The number of halogens is 2. The van der Waals surface area contributed by atoms with Crippen LogP contribution in [0.1, 0.15) is 49.1 Å². The van der Waals surface area contributed by atoms with E-state index in [9.17, 15) is 14.7 Å². The molecule has 0 saturated heterocycles. The van der Waals surface area contributed by atoms with Crippen LogP contribution in [0.25, 0.3) is 0 Å². The molecule has 156 valence electrons. The van der Waals surface area contributed by atoms with E-state index in [1.54, 1.807) is 25.1 Å². The van der Waals surface area contributed by atoms with Crippen molar-refractivity contribution in [2.75, 3.05) is 6.61 Å². The maximum absolute atomic E-state index is 13.2. The van der Waals surface area contributed by atoms with Crippen LogP contribution in [0.4, 0.5) is 0 Å². The number of aromatic hydroxyl groups is 1. The predicted octanol–water partition coefficient (Wildman–Crippen LogP) is 5.10. The van der Waals surface area contributed by atoms with E-state index in [-0.39, 0.29) is 40.6 Å². The summed E-state index contributed by atoms with van der Waals surface area (Å²) >= 11 is 12.5. The number of nitrogens with one attached hydrogen (secondary N) is 1. The third kappa shape index (κ3) is 3.80. The average molecular weight is 446 g/mol. The molecule has 1 aliphatic carbocycles. The van der Waals surface area contributed by atoms with Gasteiger partial charge in [-0.15, -0.1) is 0 Å². The van der Waals surface area contributed by atoms with Crippen LogP contribution in [0.2, 0.25) is 10.0 Å².